The van der Waals surface area contributed by atoms with E-state index in [0.29, 0.717) is 13.0 Å². The van der Waals surface area contributed by atoms with Crippen molar-refractivity contribution in [3.63, 3.8) is 0 Å². The average Bonchev–Trinajstić information content (AvgIpc) is 2.39. The molecule has 1 unspecified atom stereocenters. The number of hydrogen-bond donors (Lipinski definition) is 2. The van der Waals surface area contributed by atoms with E-state index < -0.39 is 12.0 Å². The molecule has 0 aromatic heterocycles. The van der Waals surface area contributed by atoms with E-state index in [1.807, 2.05) is 6.92 Å². The van der Waals surface area contributed by atoms with Gasteiger partial charge in [-0.15, -0.1) is 0 Å². The summed E-state index contributed by atoms with van der Waals surface area (Å²) in [5, 5.41) is 12.0. The topological polar surface area (TPSA) is 58.6 Å². The highest BCUT2D eigenvalue weighted by molar-refractivity contribution is 5.73. The van der Waals surface area contributed by atoms with Gasteiger partial charge in [0.05, 0.1) is 0 Å². The lowest BCUT2D eigenvalue weighted by molar-refractivity contribution is -0.140. The third-order valence-electron chi connectivity index (χ3n) is 3.13. The SMILES string of the molecule is CCCCCCCCOCCC(NCCC)C(=O)O. The molecule has 0 aromatic rings. The van der Waals surface area contributed by atoms with Crippen molar-refractivity contribution >= 4 is 5.97 Å². The molecular weight excluding hydrogens is 242 g/mol. The summed E-state index contributed by atoms with van der Waals surface area (Å²) >= 11 is 0. The summed E-state index contributed by atoms with van der Waals surface area (Å²) in [6, 6.07) is -0.468. The maximum absolute atomic E-state index is 11.0. The van der Waals surface area contributed by atoms with Crippen LogP contribution in [0.3, 0.4) is 0 Å². The monoisotopic (exact) mass is 273 g/mol. The number of nitrogens with one attached hydrogen (secondary N) is 1. The van der Waals surface area contributed by atoms with Gasteiger partial charge in [0.1, 0.15) is 6.04 Å². The molecule has 2 N–H and O–H groups in total. The third-order valence-corrected chi connectivity index (χ3v) is 3.13. The van der Waals surface area contributed by atoms with Gasteiger partial charge in [-0.3, -0.25) is 4.79 Å². The molecule has 0 aliphatic heterocycles. The Hall–Kier alpha value is -0.610. The Morgan fingerprint density at radius 3 is 2.37 bits per heavy atom. The second-order valence-electron chi connectivity index (χ2n) is 5.01. The molecule has 0 saturated carbocycles. The summed E-state index contributed by atoms with van der Waals surface area (Å²) in [6.07, 6.45) is 9.00. The van der Waals surface area contributed by atoms with Gasteiger partial charge < -0.3 is 15.2 Å². The van der Waals surface area contributed by atoms with Crippen molar-refractivity contribution in [3.8, 4) is 0 Å². The van der Waals surface area contributed by atoms with Gasteiger partial charge >= 0.3 is 5.97 Å². The number of carboxylic acids is 1. The van der Waals surface area contributed by atoms with Gasteiger partial charge in [-0.25, -0.2) is 0 Å². The molecular formula is C15H31NO3. The van der Waals surface area contributed by atoms with Crippen LogP contribution in [-0.2, 0) is 9.53 Å². The Morgan fingerprint density at radius 2 is 1.74 bits per heavy atom. The highest BCUT2D eigenvalue weighted by Crippen LogP contribution is 2.05. The lowest BCUT2D eigenvalue weighted by atomic mass is 10.1. The second kappa shape index (κ2) is 13.8. The molecule has 19 heavy (non-hydrogen) atoms. The lowest BCUT2D eigenvalue weighted by Gasteiger charge is -2.13. The smallest absolute Gasteiger partial charge is 0.320 e. The third kappa shape index (κ3) is 12.2. The van der Waals surface area contributed by atoms with E-state index in [4.69, 9.17) is 9.84 Å². The van der Waals surface area contributed by atoms with Crippen LogP contribution in [0.25, 0.3) is 0 Å². The number of unbranched alkanes of at least 4 members (excludes halogenated alkanes) is 5. The lowest BCUT2D eigenvalue weighted by Crippen LogP contribution is -2.38. The van der Waals surface area contributed by atoms with Crippen molar-refractivity contribution in [1.29, 1.82) is 0 Å². The van der Waals surface area contributed by atoms with E-state index in [2.05, 4.69) is 12.2 Å². The van der Waals surface area contributed by atoms with Crippen LogP contribution in [0.2, 0.25) is 0 Å². The van der Waals surface area contributed by atoms with Gasteiger partial charge in [-0.1, -0.05) is 46.0 Å². The van der Waals surface area contributed by atoms with Crippen molar-refractivity contribution in [2.45, 2.75) is 71.3 Å². The largest absolute Gasteiger partial charge is 0.480 e. The molecule has 1 atom stereocenters. The summed E-state index contributed by atoms with van der Waals surface area (Å²) in [4.78, 5) is 11.0. The number of carbonyl (C=O) groups is 1. The number of rotatable bonds is 14. The maximum atomic E-state index is 11.0. The van der Waals surface area contributed by atoms with E-state index in [1.165, 1.54) is 32.1 Å². The van der Waals surface area contributed by atoms with Gasteiger partial charge in [-0.05, 0) is 25.8 Å². The van der Waals surface area contributed by atoms with Crippen molar-refractivity contribution < 1.29 is 14.6 Å². The van der Waals surface area contributed by atoms with E-state index in [1.54, 1.807) is 0 Å². The zero-order valence-corrected chi connectivity index (χ0v) is 12.6. The van der Waals surface area contributed by atoms with E-state index in [-0.39, 0.29) is 0 Å². The van der Waals surface area contributed by atoms with Gasteiger partial charge in [0.2, 0.25) is 0 Å². The summed E-state index contributed by atoms with van der Waals surface area (Å²) in [5.41, 5.74) is 0. The summed E-state index contributed by atoms with van der Waals surface area (Å²) in [5.74, 6) is -0.781. The molecule has 0 radical (unpaired) electrons. The maximum Gasteiger partial charge on any atom is 0.320 e. The van der Waals surface area contributed by atoms with Crippen LogP contribution in [0.15, 0.2) is 0 Å². The molecule has 0 fully saturated rings. The molecule has 0 amide bonds. The van der Waals surface area contributed by atoms with Crippen LogP contribution in [0.4, 0.5) is 0 Å². The summed E-state index contributed by atoms with van der Waals surface area (Å²) < 4.78 is 5.50. The van der Waals surface area contributed by atoms with Crippen molar-refractivity contribution in [2.24, 2.45) is 0 Å². The van der Waals surface area contributed by atoms with Crippen LogP contribution in [0.1, 0.15) is 65.2 Å². The highest BCUT2D eigenvalue weighted by Gasteiger charge is 2.15. The fourth-order valence-electron chi connectivity index (χ4n) is 1.92. The fraction of sp³-hybridized carbons (Fsp3) is 0.933. The van der Waals surface area contributed by atoms with E-state index in [0.717, 1.165) is 26.0 Å². The molecule has 0 rings (SSSR count). The standard InChI is InChI=1S/C15H31NO3/c1-3-5-6-7-8-9-12-19-13-10-14(15(17)18)16-11-4-2/h14,16H,3-13H2,1-2H3,(H,17,18). The molecule has 0 heterocycles. The van der Waals surface area contributed by atoms with E-state index >= 15 is 0 Å². The van der Waals surface area contributed by atoms with Gasteiger partial charge in [0.15, 0.2) is 0 Å². The van der Waals surface area contributed by atoms with E-state index in [9.17, 15) is 4.79 Å². The van der Waals surface area contributed by atoms with Crippen LogP contribution >= 0.6 is 0 Å². The minimum absolute atomic E-state index is 0.468. The predicted octanol–water partition coefficient (Wildman–Crippen LogP) is 3.21. The highest BCUT2D eigenvalue weighted by atomic mass is 16.5. The Kier molecular flexibility index (Phi) is 13.4. The van der Waals surface area contributed by atoms with Crippen LogP contribution in [-0.4, -0.2) is 36.9 Å². The Labute approximate surface area is 117 Å². The van der Waals surface area contributed by atoms with Crippen LogP contribution in [0.5, 0.6) is 0 Å². The molecule has 114 valence electrons. The second-order valence-corrected chi connectivity index (χ2v) is 5.01. The molecule has 0 saturated heterocycles. The first-order chi connectivity index (χ1) is 9.22. The summed E-state index contributed by atoms with van der Waals surface area (Å²) in [7, 11) is 0. The predicted molar refractivity (Wildman–Crippen MR) is 78.5 cm³/mol. The first-order valence-electron chi connectivity index (χ1n) is 7.76. The zero-order valence-electron chi connectivity index (χ0n) is 12.6. The minimum Gasteiger partial charge on any atom is -0.480 e. The Balaban J connectivity index is 3.37. The molecule has 4 heteroatoms. The van der Waals surface area contributed by atoms with Crippen molar-refractivity contribution in [1.82, 2.24) is 5.32 Å². The minimum atomic E-state index is -0.781. The molecule has 0 aromatic carbocycles. The first kappa shape index (κ1) is 18.4. The van der Waals surface area contributed by atoms with Crippen LogP contribution < -0.4 is 5.32 Å². The molecule has 4 nitrogen and oxygen atoms in total. The summed E-state index contributed by atoms with van der Waals surface area (Å²) in [6.45, 7) is 6.28. The number of ether oxygens (including phenoxy) is 1. The van der Waals surface area contributed by atoms with Crippen LogP contribution in [0, 0.1) is 0 Å². The zero-order chi connectivity index (χ0) is 14.3. The van der Waals surface area contributed by atoms with Gasteiger partial charge in [0, 0.05) is 13.2 Å². The van der Waals surface area contributed by atoms with Gasteiger partial charge in [-0.2, -0.15) is 0 Å². The fourth-order valence-corrected chi connectivity index (χ4v) is 1.92. The number of hydrogen-bond acceptors (Lipinski definition) is 3. The van der Waals surface area contributed by atoms with Gasteiger partial charge in [0.25, 0.3) is 0 Å². The molecule has 0 aliphatic rings. The normalized spacial score (nSPS) is 12.5. The average molecular weight is 273 g/mol. The first-order valence-corrected chi connectivity index (χ1v) is 7.76. The Morgan fingerprint density at radius 1 is 1.05 bits per heavy atom. The van der Waals surface area contributed by atoms with Crippen molar-refractivity contribution in [3.05, 3.63) is 0 Å². The number of aliphatic carboxylic acids is 1. The molecule has 0 aliphatic carbocycles. The Bertz CT molecular complexity index is 210. The molecule has 0 spiro atoms. The number of carboxylic acid groups (broad SMARTS) is 1. The quantitative estimate of drug-likeness (QED) is 0.477. The molecule has 0 bridgehead atoms. The van der Waals surface area contributed by atoms with Crippen molar-refractivity contribution in [2.75, 3.05) is 19.8 Å².